The van der Waals surface area contributed by atoms with Gasteiger partial charge in [0.2, 0.25) is 0 Å². The van der Waals surface area contributed by atoms with E-state index in [2.05, 4.69) is 4.98 Å². The zero-order valence-corrected chi connectivity index (χ0v) is 5.41. The lowest BCUT2D eigenvalue weighted by atomic mass is 10.2. The van der Waals surface area contributed by atoms with Crippen molar-refractivity contribution in [3.05, 3.63) is 18.0 Å². The minimum Gasteiger partial charge on any atom is -0.506 e. The number of nitrogens with one attached hydrogen (secondary N) is 1. The number of aromatic amines is 1. The molecule has 1 heterocycles. The number of hydrogen-bond donors (Lipinski definition) is 4. The van der Waals surface area contributed by atoms with Gasteiger partial charge in [-0.15, -0.1) is 0 Å². The lowest BCUT2D eigenvalue weighted by Crippen LogP contribution is -2.13. The van der Waals surface area contributed by atoms with E-state index in [0.717, 1.165) is 0 Å². The summed E-state index contributed by atoms with van der Waals surface area (Å²) in [7, 11) is 0. The van der Waals surface area contributed by atoms with Crippen LogP contribution in [0.5, 0.6) is 5.75 Å². The lowest BCUT2D eigenvalue weighted by molar-refractivity contribution is 0.265. The first-order valence-corrected chi connectivity index (χ1v) is 2.97. The van der Waals surface area contributed by atoms with Crippen LogP contribution in [0.1, 0.15) is 11.6 Å². The normalized spacial score (nSPS) is 13.4. The Morgan fingerprint density at radius 3 is 2.70 bits per heavy atom. The number of aliphatic hydroxyl groups is 1. The summed E-state index contributed by atoms with van der Waals surface area (Å²) in [6, 6.07) is -0.494. The SMILES string of the molecule is NC(CO)c1c[nH]cc1O. The first-order chi connectivity index (χ1) is 4.75. The van der Waals surface area contributed by atoms with Crippen LogP contribution in [0.15, 0.2) is 12.4 Å². The fraction of sp³-hybridized carbons (Fsp3) is 0.333. The molecule has 0 saturated heterocycles. The number of rotatable bonds is 2. The van der Waals surface area contributed by atoms with Crippen molar-refractivity contribution >= 4 is 0 Å². The molecular weight excluding hydrogens is 132 g/mol. The molecule has 10 heavy (non-hydrogen) atoms. The van der Waals surface area contributed by atoms with Crippen molar-refractivity contribution in [2.45, 2.75) is 6.04 Å². The van der Waals surface area contributed by atoms with E-state index in [1.807, 2.05) is 0 Å². The fourth-order valence-corrected chi connectivity index (χ4v) is 0.763. The van der Waals surface area contributed by atoms with Gasteiger partial charge in [0.05, 0.1) is 12.6 Å². The van der Waals surface area contributed by atoms with Gasteiger partial charge in [-0.2, -0.15) is 0 Å². The van der Waals surface area contributed by atoms with Gasteiger partial charge >= 0.3 is 0 Å². The minimum atomic E-state index is -0.494. The molecule has 0 aliphatic carbocycles. The zero-order chi connectivity index (χ0) is 7.56. The van der Waals surface area contributed by atoms with E-state index in [1.54, 1.807) is 6.20 Å². The van der Waals surface area contributed by atoms with Crippen LogP contribution in [0.25, 0.3) is 0 Å². The summed E-state index contributed by atoms with van der Waals surface area (Å²) < 4.78 is 0. The van der Waals surface area contributed by atoms with Gasteiger partial charge in [0.1, 0.15) is 5.75 Å². The maximum atomic E-state index is 9.03. The van der Waals surface area contributed by atoms with Crippen molar-refractivity contribution in [3.63, 3.8) is 0 Å². The molecule has 0 spiro atoms. The number of hydrogen-bond acceptors (Lipinski definition) is 3. The highest BCUT2D eigenvalue weighted by atomic mass is 16.3. The van der Waals surface area contributed by atoms with E-state index < -0.39 is 6.04 Å². The third kappa shape index (κ3) is 1.12. The Labute approximate surface area is 58.3 Å². The van der Waals surface area contributed by atoms with Gasteiger partial charge in [0.25, 0.3) is 0 Å². The maximum Gasteiger partial charge on any atom is 0.137 e. The predicted molar refractivity (Wildman–Crippen MR) is 36.5 cm³/mol. The average Bonchev–Trinajstić information content (AvgIpc) is 2.34. The molecule has 5 N–H and O–H groups in total. The van der Waals surface area contributed by atoms with Gasteiger partial charge in [-0.05, 0) is 0 Å². The van der Waals surface area contributed by atoms with Crippen LogP contribution in [-0.4, -0.2) is 21.8 Å². The van der Waals surface area contributed by atoms with Crippen molar-refractivity contribution in [1.29, 1.82) is 0 Å². The van der Waals surface area contributed by atoms with E-state index in [9.17, 15) is 0 Å². The highest BCUT2D eigenvalue weighted by Gasteiger charge is 2.08. The third-order valence-corrected chi connectivity index (χ3v) is 1.35. The Hall–Kier alpha value is -1.00. The quantitative estimate of drug-likeness (QED) is 0.458. The number of aromatic hydroxyl groups is 1. The van der Waals surface area contributed by atoms with E-state index in [4.69, 9.17) is 15.9 Å². The maximum absolute atomic E-state index is 9.03. The highest BCUT2D eigenvalue weighted by molar-refractivity contribution is 5.31. The van der Waals surface area contributed by atoms with Crippen molar-refractivity contribution < 1.29 is 10.2 Å². The van der Waals surface area contributed by atoms with E-state index in [0.29, 0.717) is 5.56 Å². The second kappa shape index (κ2) is 2.72. The molecule has 1 rings (SSSR count). The molecular formula is C6H10N2O2. The molecule has 4 nitrogen and oxygen atoms in total. The molecule has 4 heteroatoms. The Bertz CT molecular complexity index is 209. The summed E-state index contributed by atoms with van der Waals surface area (Å²) in [4.78, 5) is 2.67. The van der Waals surface area contributed by atoms with Gasteiger partial charge in [0, 0.05) is 18.0 Å². The van der Waals surface area contributed by atoms with Crippen LogP contribution in [-0.2, 0) is 0 Å². The van der Waals surface area contributed by atoms with Crippen LogP contribution in [0.3, 0.4) is 0 Å². The number of H-pyrrole nitrogens is 1. The van der Waals surface area contributed by atoms with Crippen molar-refractivity contribution in [1.82, 2.24) is 4.98 Å². The van der Waals surface area contributed by atoms with Crippen LogP contribution in [0, 0.1) is 0 Å². The van der Waals surface area contributed by atoms with Crippen molar-refractivity contribution in [2.24, 2.45) is 5.73 Å². The second-order valence-corrected chi connectivity index (χ2v) is 2.08. The van der Waals surface area contributed by atoms with Gasteiger partial charge in [-0.25, -0.2) is 0 Å². The Balaban J connectivity index is 2.82. The molecule has 56 valence electrons. The average molecular weight is 142 g/mol. The highest BCUT2D eigenvalue weighted by Crippen LogP contribution is 2.20. The summed E-state index contributed by atoms with van der Waals surface area (Å²) in [5.41, 5.74) is 5.95. The summed E-state index contributed by atoms with van der Waals surface area (Å²) in [6.07, 6.45) is 2.99. The monoisotopic (exact) mass is 142 g/mol. The summed E-state index contributed by atoms with van der Waals surface area (Å²) in [5.74, 6) is 0.0987. The van der Waals surface area contributed by atoms with E-state index in [1.165, 1.54) is 6.20 Å². The topological polar surface area (TPSA) is 82.3 Å². The number of aliphatic hydroxyl groups excluding tert-OH is 1. The molecule has 1 atom stereocenters. The number of aromatic nitrogens is 1. The Morgan fingerprint density at radius 2 is 2.30 bits per heavy atom. The smallest absolute Gasteiger partial charge is 0.137 e. The van der Waals surface area contributed by atoms with Crippen molar-refractivity contribution in [3.8, 4) is 5.75 Å². The molecule has 0 aliphatic heterocycles. The standard InChI is InChI=1S/C6H10N2O2/c7-5(3-9)4-1-8-2-6(4)10/h1-2,5,8-10H,3,7H2. The first-order valence-electron chi connectivity index (χ1n) is 2.97. The predicted octanol–water partition coefficient (Wildman–Crippen LogP) is -0.288. The molecule has 0 bridgehead atoms. The molecule has 1 aromatic heterocycles. The summed E-state index contributed by atoms with van der Waals surface area (Å²) >= 11 is 0. The molecule has 0 aromatic carbocycles. The molecule has 0 radical (unpaired) electrons. The van der Waals surface area contributed by atoms with Crippen LogP contribution in [0.4, 0.5) is 0 Å². The first kappa shape index (κ1) is 7.11. The van der Waals surface area contributed by atoms with Crippen LogP contribution < -0.4 is 5.73 Å². The zero-order valence-electron chi connectivity index (χ0n) is 5.41. The molecule has 0 aliphatic rings. The van der Waals surface area contributed by atoms with Crippen molar-refractivity contribution in [2.75, 3.05) is 6.61 Å². The summed E-state index contributed by atoms with van der Waals surface area (Å²) in [5, 5.41) is 17.6. The largest absolute Gasteiger partial charge is 0.506 e. The summed E-state index contributed by atoms with van der Waals surface area (Å²) in [6.45, 7) is -0.161. The van der Waals surface area contributed by atoms with Gasteiger partial charge in [-0.3, -0.25) is 0 Å². The molecule has 1 aromatic rings. The fourth-order valence-electron chi connectivity index (χ4n) is 0.763. The van der Waals surface area contributed by atoms with Gasteiger partial charge in [-0.1, -0.05) is 0 Å². The second-order valence-electron chi connectivity index (χ2n) is 2.08. The van der Waals surface area contributed by atoms with Crippen LogP contribution >= 0.6 is 0 Å². The van der Waals surface area contributed by atoms with E-state index >= 15 is 0 Å². The Morgan fingerprint density at radius 1 is 1.60 bits per heavy atom. The lowest BCUT2D eigenvalue weighted by Gasteiger charge is -2.04. The Kier molecular flexibility index (Phi) is 1.94. The molecule has 1 unspecified atom stereocenters. The minimum absolute atomic E-state index is 0.0987. The molecule has 0 fully saturated rings. The van der Waals surface area contributed by atoms with Gasteiger partial charge in [0.15, 0.2) is 0 Å². The number of nitrogens with two attached hydrogens (primary N) is 1. The van der Waals surface area contributed by atoms with Crippen LogP contribution in [0.2, 0.25) is 0 Å². The third-order valence-electron chi connectivity index (χ3n) is 1.35. The van der Waals surface area contributed by atoms with Gasteiger partial charge < -0.3 is 20.9 Å². The molecule has 0 amide bonds. The van der Waals surface area contributed by atoms with E-state index in [-0.39, 0.29) is 12.4 Å². The molecule has 0 saturated carbocycles.